The Labute approximate surface area is 170 Å². The number of nitrogens with zero attached hydrogens (tertiary/aromatic N) is 1. The molecule has 0 saturated heterocycles. The number of rotatable bonds is 8. The Morgan fingerprint density at radius 2 is 1.86 bits per heavy atom. The lowest BCUT2D eigenvalue weighted by Gasteiger charge is -2.14. The Kier molecular flexibility index (Phi) is 8.81. The molecule has 0 aromatic heterocycles. The van der Waals surface area contributed by atoms with Crippen LogP contribution in [0.5, 0.6) is 0 Å². The molecule has 150 valence electrons. The fourth-order valence-electron chi connectivity index (χ4n) is 2.74. The number of hydrogen-bond donors (Lipinski definition) is 3. The summed E-state index contributed by atoms with van der Waals surface area (Å²) in [6.45, 7) is 2.80. The van der Waals surface area contributed by atoms with Crippen molar-refractivity contribution in [1.29, 1.82) is 0 Å². The molecule has 7 heteroatoms. The lowest BCUT2D eigenvalue weighted by atomic mass is 10.1. The van der Waals surface area contributed by atoms with Crippen LogP contribution in [0.3, 0.4) is 0 Å². The van der Waals surface area contributed by atoms with Crippen LogP contribution in [-0.4, -0.2) is 31.7 Å². The van der Waals surface area contributed by atoms with Crippen LogP contribution in [0.25, 0.3) is 0 Å². The van der Waals surface area contributed by atoms with Crippen molar-refractivity contribution in [3.63, 3.8) is 0 Å². The number of halogens is 1. The topological polar surface area (TPSA) is 65.5 Å². The summed E-state index contributed by atoms with van der Waals surface area (Å²) in [5.74, 6) is 1.19. The first-order chi connectivity index (χ1) is 13.5. The largest absolute Gasteiger partial charge is 0.356 e. The highest BCUT2D eigenvalue weighted by Crippen LogP contribution is 2.16. The first kappa shape index (κ1) is 21.8. The number of carbonyl (C=O) groups is 1. The molecule has 5 nitrogen and oxygen atoms in total. The van der Waals surface area contributed by atoms with Gasteiger partial charge in [0.15, 0.2) is 5.96 Å². The maximum Gasteiger partial charge on any atom is 0.221 e. The zero-order valence-corrected chi connectivity index (χ0v) is 17.3. The van der Waals surface area contributed by atoms with Crippen LogP contribution in [-0.2, 0) is 23.5 Å². The van der Waals surface area contributed by atoms with Crippen molar-refractivity contribution in [3.8, 4) is 0 Å². The van der Waals surface area contributed by atoms with Gasteiger partial charge in [0.2, 0.25) is 5.91 Å². The zero-order valence-electron chi connectivity index (χ0n) is 16.5. The van der Waals surface area contributed by atoms with E-state index in [1.807, 2.05) is 36.6 Å². The van der Waals surface area contributed by atoms with Gasteiger partial charge in [-0.25, -0.2) is 4.39 Å². The number of aliphatic imine (C=N–C) groups is 1. The second-order valence-electron chi connectivity index (χ2n) is 6.33. The summed E-state index contributed by atoms with van der Waals surface area (Å²) in [6, 6.07) is 12.7. The van der Waals surface area contributed by atoms with Gasteiger partial charge in [-0.3, -0.25) is 9.79 Å². The number of benzene rings is 2. The monoisotopic (exact) mass is 402 g/mol. The summed E-state index contributed by atoms with van der Waals surface area (Å²) in [6.07, 6.45) is 2.83. The lowest BCUT2D eigenvalue weighted by molar-refractivity contribution is -0.114. The van der Waals surface area contributed by atoms with Gasteiger partial charge in [0.25, 0.3) is 0 Å². The number of anilines is 1. The standard InChI is InChI=1S/C21H27FN4OS/c1-15(27)26-20-8-4-16(5-9-20)10-11-24-21(23-2)25-13-17-6-7-19(22)12-18(17)14-28-3/h4-9,12H,10-11,13-14H2,1-3H3,(H,26,27)(H2,23,24,25). The van der Waals surface area contributed by atoms with Crippen molar-refractivity contribution in [2.75, 3.05) is 25.2 Å². The molecule has 3 N–H and O–H groups in total. The Morgan fingerprint density at radius 1 is 1.11 bits per heavy atom. The number of carbonyl (C=O) groups excluding carboxylic acids is 1. The number of nitrogens with one attached hydrogen (secondary N) is 3. The van der Waals surface area contributed by atoms with E-state index in [0.717, 1.165) is 41.1 Å². The van der Waals surface area contributed by atoms with E-state index < -0.39 is 0 Å². The van der Waals surface area contributed by atoms with Gasteiger partial charge in [-0.05, 0) is 53.6 Å². The maximum absolute atomic E-state index is 13.5. The second kappa shape index (κ2) is 11.3. The highest BCUT2D eigenvalue weighted by Gasteiger charge is 2.05. The molecular weight excluding hydrogens is 375 g/mol. The molecule has 2 aromatic rings. The molecule has 0 aliphatic carbocycles. The summed E-state index contributed by atoms with van der Waals surface area (Å²) < 4.78 is 13.5. The average molecular weight is 403 g/mol. The number of hydrogen-bond acceptors (Lipinski definition) is 3. The van der Waals surface area contributed by atoms with Gasteiger partial charge in [0.05, 0.1) is 0 Å². The second-order valence-corrected chi connectivity index (χ2v) is 7.19. The molecular formula is C21H27FN4OS. The quantitative estimate of drug-likeness (QED) is 0.467. The molecule has 2 aromatic carbocycles. The fraction of sp³-hybridized carbons (Fsp3) is 0.333. The van der Waals surface area contributed by atoms with Crippen LogP contribution in [0, 0.1) is 5.82 Å². The third-order valence-electron chi connectivity index (χ3n) is 4.12. The van der Waals surface area contributed by atoms with Crippen molar-refractivity contribution in [3.05, 3.63) is 65.0 Å². The van der Waals surface area contributed by atoms with E-state index in [0.29, 0.717) is 12.5 Å². The first-order valence-electron chi connectivity index (χ1n) is 9.09. The zero-order chi connectivity index (χ0) is 20.4. The van der Waals surface area contributed by atoms with E-state index in [4.69, 9.17) is 0 Å². The SMILES string of the molecule is CN=C(NCCc1ccc(NC(C)=O)cc1)NCc1ccc(F)cc1CSC. The smallest absolute Gasteiger partial charge is 0.221 e. The molecule has 0 aliphatic rings. The van der Waals surface area contributed by atoms with Gasteiger partial charge in [0, 0.05) is 38.5 Å². The van der Waals surface area contributed by atoms with E-state index in [-0.39, 0.29) is 11.7 Å². The van der Waals surface area contributed by atoms with Crippen LogP contribution < -0.4 is 16.0 Å². The molecule has 0 heterocycles. The molecule has 0 bridgehead atoms. The number of amides is 1. The molecule has 0 unspecified atom stereocenters. The Morgan fingerprint density at radius 3 is 2.50 bits per heavy atom. The van der Waals surface area contributed by atoms with E-state index in [2.05, 4.69) is 20.9 Å². The van der Waals surface area contributed by atoms with Crippen LogP contribution in [0.1, 0.15) is 23.6 Å². The third kappa shape index (κ3) is 7.23. The summed E-state index contributed by atoms with van der Waals surface area (Å²) in [7, 11) is 1.73. The van der Waals surface area contributed by atoms with E-state index in [9.17, 15) is 9.18 Å². The van der Waals surface area contributed by atoms with Crippen LogP contribution in [0.4, 0.5) is 10.1 Å². The predicted octanol–water partition coefficient (Wildman–Crippen LogP) is 3.55. The van der Waals surface area contributed by atoms with Gasteiger partial charge in [-0.15, -0.1) is 0 Å². The molecule has 0 spiro atoms. The third-order valence-corrected chi connectivity index (χ3v) is 4.72. The predicted molar refractivity (Wildman–Crippen MR) is 116 cm³/mol. The summed E-state index contributed by atoms with van der Waals surface area (Å²) in [5, 5.41) is 9.32. The summed E-state index contributed by atoms with van der Waals surface area (Å²) >= 11 is 1.67. The molecule has 0 aliphatic heterocycles. The van der Waals surface area contributed by atoms with Crippen molar-refractivity contribution in [2.45, 2.75) is 25.6 Å². The normalized spacial score (nSPS) is 11.2. The average Bonchev–Trinajstić information content (AvgIpc) is 2.67. The maximum atomic E-state index is 13.5. The number of thioether (sulfide) groups is 1. The van der Waals surface area contributed by atoms with Crippen LogP contribution in [0.2, 0.25) is 0 Å². The molecule has 28 heavy (non-hydrogen) atoms. The van der Waals surface area contributed by atoms with E-state index >= 15 is 0 Å². The molecule has 0 atom stereocenters. The van der Waals surface area contributed by atoms with Crippen LogP contribution in [0.15, 0.2) is 47.5 Å². The minimum Gasteiger partial charge on any atom is -0.356 e. The van der Waals surface area contributed by atoms with Gasteiger partial charge in [-0.1, -0.05) is 18.2 Å². The minimum atomic E-state index is -0.208. The Bertz CT molecular complexity index is 809. The summed E-state index contributed by atoms with van der Waals surface area (Å²) in [5.41, 5.74) is 4.02. The highest BCUT2D eigenvalue weighted by molar-refractivity contribution is 7.97. The summed E-state index contributed by atoms with van der Waals surface area (Å²) in [4.78, 5) is 15.3. The van der Waals surface area contributed by atoms with Crippen molar-refractivity contribution >= 4 is 29.3 Å². The molecule has 1 amide bonds. The van der Waals surface area contributed by atoms with Gasteiger partial charge < -0.3 is 16.0 Å². The molecule has 2 rings (SSSR count). The van der Waals surface area contributed by atoms with Crippen LogP contribution >= 0.6 is 11.8 Å². The minimum absolute atomic E-state index is 0.0777. The van der Waals surface area contributed by atoms with Crippen molar-refractivity contribution < 1.29 is 9.18 Å². The van der Waals surface area contributed by atoms with E-state index in [1.54, 1.807) is 24.9 Å². The lowest BCUT2D eigenvalue weighted by Crippen LogP contribution is -2.38. The van der Waals surface area contributed by atoms with Gasteiger partial charge in [-0.2, -0.15) is 11.8 Å². The highest BCUT2D eigenvalue weighted by atomic mass is 32.2. The Balaban J connectivity index is 1.83. The Hall–Kier alpha value is -2.54. The number of guanidine groups is 1. The fourth-order valence-corrected chi connectivity index (χ4v) is 3.32. The molecule has 0 radical (unpaired) electrons. The molecule has 0 saturated carbocycles. The van der Waals surface area contributed by atoms with Crippen molar-refractivity contribution in [2.24, 2.45) is 4.99 Å². The van der Waals surface area contributed by atoms with Crippen molar-refractivity contribution in [1.82, 2.24) is 10.6 Å². The first-order valence-corrected chi connectivity index (χ1v) is 10.5. The van der Waals surface area contributed by atoms with Gasteiger partial charge >= 0.3 is 0 Å². The van der Waals surface area contributed by atoms with E-state index in [1.165, 1.54) is 13.0 Å². The van der Waals surface area contributed by atoms with Gasteiger partial charge in [0.1, 0.15) is 5.82 Å². The molecule has 0 fully saturated rings.